The van der Waals surface area contributed by atoms with Crippen LogP contribution in [0, 0.1) is 6.92 Å². The third kappa shape index (κ3) is 4.17. The Morgan fingerprint density at radius 1 is 1.03 bits per heavy atom. The molecule has 5 aromatic rings. The molecule has 11 heteroatoms. The molecule has 38 heavy (non-hydrogen) atoms. The third-order valence-corrected chi connectivity index (χ3v) is 7.53. The number of fused-ring (bicyclic) bond motifs is 1. The Hall–Kier alpha value is -3.95. The van der Waals surface area contributed by atoms with Crippen molar-refractivity contribution in [1.29, 1.82) is 0 Å². The molecule has 0 saturated heterocycles. The number of benzene rings is 2. The summed E-state index contributed by atoms with van der Waals surface area (Å²) in [6, 6.07) is 16.3. The number of nitrogens with one attached hydrogen (secondary N) is 2. The molecule has 1 amide bonds. The molecule has 192 valence electrons. The van der Waals surface area contributed by atoms with Gasteiger partial charge in [-0.15, -0.1) is 0 Å². The minimum atomic E-state index is -0.677. The van der Waals surface area contributed by atoms with Crippen LogP contribution < -0.4 is 10.9 Å². The summed E-state index contributed by atoms with van der Waals surface area (Å²) in [4.78, 5) is 34.3. The summed E-state index contributed by atoms with van der Waals surface area (Å²) in [5.74, 6) is 0.427. The van der Waals surface area contributed by atoms with Crippen LogP contribution in [0.5, 0.6) is 0 Å². The molecule has 1 aliphatic rings. The highest BCUT2D eigenvalue weighted by Gasteiger charge is 2.43. The van der Waals surface area contributed by atoms with Crippen LogP contribution in [0.15, 0.2) is 65.6 Å². The standard InChI is InChI=1S/C27H23Cl2N7O2/c1-16-13-22(31-25(38)27(11-2-3-12-27)17-7-9-18(28)10-8-17)36(34-16)26-32-23-21(24(37)33-26)15-30-35(23)20-6-4-5-19(29)14-20/h4-10,13-15H,2-3,11-12H2,1H3,(H,31,38)(H,32,33,37). The van der Waals surface area contributed by atoms with Crippen molar-refractivity contribution in [2.75, 3.05) is 5.32 Å². The zero-order valence-corrected chi connectivity index (χ0v) is 21.9. The maximum atomic E-state index is 13.8. The van der Waals surface area contributed by atoms with Crippen LogP contribution in [-0.2, 0) is 10.2 Å². The SMILES string of the molecule is Cc1cc(NC(=O)C2(c3ccc(Cl)cc3)CCCC2)n(-c2nc3c(cnn3-c3cccc(Cl)c3)c(=O)[nH]2)n1. The molecule has 0 aliphatic heterocycles. The summed E-state index contributed by atoms with van der Waals surface area (Å²) >= 11 is 12.3. The van der Waals surface area contributed by atoms with Crippen molar-refractivity contribution in [2.24, 2.45) is 0 Å². The second-order valence-electron chi connectivity index (χ2n) is 9.50. The van der Waals surface area contributed by atoms with Crippen molar-refractivity contribution < 1.29 is 4.79 Å². The predicted molar refractivity (Wildman–Crippen MR) is 147 cm³/mol. The summed E-state index contributed by atoms with van der Waals surface area (Å²) in [7, 11) is 0. The van der Waals surface area contributed by atoms with Crippen LogP contribution in [0.1, 0.15) is 36.9 Å². The number of aromatic amines is 1. The number of carbonyl (C=O) groups is 1. The monoisotopic (exact) mass is 547 g/mol. The number of aryl methyl sites for hydroxylation is 1. The first-order valence-electron chi connectivity index (χ1n) is 12.2. The van der Waals surface area contributed by atoms with Crippen molar-refractivity contribution in [3.05, 3.63) is 92.5 Å². The number of H-pyrrole nitrogens is 1. The van der Waals surface area contributed by atoms with E-state index in [1.165, 1.54) is 10.9 Å². The lowest BCUT2D eigenvalue weighted by Gasteiger charge is -2.28. The quantitative estimate of drug-likeness (QED) is 0.307. The predicted octanol–water partition coefficient (Wildman–Crippen LogP) is 5.36. The van der Waals surface area contributed by atoms with Gasteiger partial charge >= 0.3 is 0 Å². The number of halogens is 2. The van der Waals surface area contributed by atoms with E-state index in [0.717, 1.165) is 31.2 Å². The number of hydrogen-bond acceptors (Lipinski definition) is 5. The molecule has 9 nitrogen and oxygen atoms in total. The molecule has 0 radical (unpaired) electrons. The topological polar surface area (TPSA) is 110 Å². The molecule has 1 saturated carbocycles. The van der Waals surface area contributed by atoms with Crippen molar-refractivity contribution in [2.45, 2.75) is 38.0 Å². The molecule has 3 aromatic heterocycles. The number of nitrogens with zero attached hydrogens (tertiary/aromatic N) is 5. The van der Waals surface area contributed by atoms with Crippen LogP contribution >= 0.6 is 23.2 Å². The lowest BCUT2D eigenvalue weighted by molar-refractivity contribution is -0.121. The highest BCUT2D eigenvalue weighted by molar-refractivity contribution is 6.31. The number of carbonyl (C=O) groups excluding carboxylic acids is 1. The van der Waals surface area contributed by atoms with Crippen molar-refractivity contribution in [3.8, 4) is 11.6 Å². The second-order valence-corrected chi connectivity index (χ2v) is 10.4. The summed E-state index contributed by atoms with van der Waals surface area (Å²) < 4.78 is 2.98. The molecule has 0 unspecified atom stereocenters. The van der Waals surface area contributed by atoms with Gasteiger partial charge in [0, 0.05) is 16.1 Å². The van der Waals surface area contributed by atoms with Crippen LogP contribution in [0.4, 0.5) is 5.82 Å². The number of hydrogen-bond donors (Lipinski definition) is 2. The molecule has 2 aromatic carbocycles. The highest BCUT2D eigenvalue weighted by Crippen LogP contribution is 2.42. The van der Waals surface area contributed by atoms with E-state index < -0.39 is 5.41 Å². The van der Waals surface area contributed by atoms with Gasteiger partial charge in [0.25, 0.3) is 5.56 Å². The second kappa shape index (κ2) is 9.41. The molecule has 0 atom stereocenters. The average molecular weight is 548 g/mol. The molecule has 6 rings (SSSR count). The molecule has 1 aliphatic carbocycles. The van der Waals surface area contributed by atoms with Crippen molar-refractivity contribution in [3.63, 3.8) is 0 Å². The van der Waals surface area contributed by atoms with Gasteiger partial charge in [-0.2, -0.15) is 19.9 Å². The van der Waals surface area contributed by atoms with Gasteiger partial charge in [-0.05, 0) is 55.7 Å². The van der Waals surface area contributed by atoms with Gasteiger partial charge in [0.2, 0.25) is 11.9 Å². The Morgan fingerprint density at radius 2 is 1.79 bits per heavy atom. The summed E-state index contributed by atoms with van der Waals surface area (Å²) in [6.45, 7) is 1.81. The summed E-state index contributed by atoms with van der Waals surface area (Å²) in [5.41, 5.74) is 1.52. The van der Waals surface area contributed by atoms with Gasteiger partial charge in [-0.3, -0.25) is 14.6 Å². The van der Waals surface area contributed by atoms with E-state index in [2.05, 4.69) is 25.5 Å². The molecule has 3 heterocycles. The van der Waals surface area contributed by atoms with Gasteiger partial charge in [-0.25, -0.2) is 4.68 Å². The first-order chi connectivity index (χ1) is 18.3. The Kier molecular flexibility index (Phi) is 6.04. The van der Waals surface area contributed by atoms with Crippen molar-refractivity contribution in [1.82, 2.24) is 29.5 Å². The zero-order valence-electron chi connectivity index (χ0n) is 20.4. The maximum absolute atomic E-state index is 13.8. The van der Waals surface area contributed by atoms with E-state index in [4.69, 9.17) is 23.2 Å². The molecule has 2 N–H and O–H groups in total. The number of aromatic nitrogens is 6. The number of rotatable bonds is 5. The van der Waals surface area contributed by atoms with Gasteiger partial charge in [0.15, 0.2) is 5.65 Å². The smallest absolute Gasteiger partial charge is 0.263 e. The Morgan fingerprint density at radius 3 is 2.53 bits per heavy atom. The van der Waals surface area contributed by atoms with Gasteiger partial charge < -0.3 is 5.32 Å². The molecular weight excluding hydrogens is 525 g/mol. The summed E-state index contributed by atoms with van der Waals surface area (Å²) in [6.07, 6.45) is 4.82. The maximum Gasteiger partial charge on any atom is 0.263 e. The minimum Gasteiger partial charge on any atom is -0.310 e. The zero-order chi connectivity index (χ0) is 26.4. The minimum absolute atomic E-state index is 0.133. The van der Waals surface area contributed by atoms with E-state index >= 15 is 0 Å². The molecule has 1 fully saturated rings. The van der Waals surface area contributed by atoms with Crippen LogP contribution in [0.2, 0.25) is 10.0 Å². The van der Waals surface area contributed by atoms with Crippen LogP contribution in [-0.4, -0.2) is 35.4 Å². The number of anilines is 1. The Labute approximate surface area is 227 Å². The Balaban J connectivity index is 1.41. The normalized spacial score (nSPS) is 14.7. The summed E-state index contributed by atoms with van der Waals surface area (Å²) in [5, 5.41) is 13.4. The largest absolute Gasteiger partial charge is 0.310 e. The van der Waals surface area contributed by atoms with Gasteiger partial charge in [0.05, 0.1) is 23.0 Å². The number of amides is 1. The van der Waals surface area contributed by atoms with E-state index in [-0.39, 0.29) is 17.4 Å². The van der Waals surface area contributed by atoms with Gasteiger partial charge in [0.1, 0.15) is 11.2 Å². The lowest BCUT2D eigenvalue weighted by Crippen LogP contribution is -2.38. The highest BCUT2D eigenvalue weighted by atomic mass is 35.5. The first-order valence-corrected chi connectivity index (χ1v) is 13.0. The third-order valence-electron chi connectivity index (χ3n) is 7.04. The van der Waals surface area contributed by atoms with Crippen LogP contribution in [0.25, 0.3) is 22.7 Å². The van der Waals surface area contributed by atoms with Gasteiger partial charge in [-0.1, -0.05) is 54.2 Å². The molecular formula is C27H23Cl2N7O2. The van der Waals surface area contributed by atoms with E-state index in [1.807, 2.05) is 37.3 Å². The fourth-order valence-electron chi connectivity index (χ4n) is 5.18. The average Bonchev–Trinajstić information content (AvgIpc) is 3.63. The molecule has 0 bridgehead atoms. The Bertz CT molecular complexity index is 1730. The van der Waals surface area contributed by atoms with E-state index in [0.29, 0.717) is 38.3 Å². The van der Waals surface area contributed by atoms with Crippen LogP contribution in [0.3, 0.4) is 0 Å². The fraction of sp³-hybridized carbons (Fsp3) is 0.222. The van der Waals surface area contributed by atoms with E-state index in [9.17, 15) is 9.59 Å². The van der Waals surface area contributed by atoms with E-state index in [1.54, 1.807) is 28.9 Å². The fourth-order valence-corrected chi connectivity index (χ4v) is 5.49. The molecule has 0 spiro atoms. The lowest BCUT2D eigenvalue weighted by atomic mass is 9.78. The first kappa shape index (κ1) is 24.4. The van der Waals surface area contributed by atoms with Crippen molar-refractivity contribution >= 4 is 46.0 Å².